The maximum atomic E-state index is 11.7. The molecule has 3 aromatic rings. The largest absolute Gasteiger partial charge is 0.494 e. The summed E-state index contributed by atoms with van der Waals surface area (Å²) in [5, 5.41) is 9.03. The standard InChI is InChI=1S/C18H20N4O4S/c1-11-7-8-15(26-11)17-20-21-18(27-10-12(23)9-19)22(17)16-13(24-2)5-4-6-14(16)25-3/h4-8H,9-10,19H2,1-3H3. The summed E-state index contributed by atoms with van der Waals surface area (Å²) in [5.74, 6) is 3.02. The minimum atomic E-state index is -0.0862. The molecule has 0 aliphatic carbocycles. The van der Waals surface area contributed by atoms with Gasteiger partial charge in [0, 0.05) is 0 Å². The Balaban J connectivity index is 2.19. The first-order valence-electron chi connectivity index (χ1n) is 8.17. The molecule has 0 amide bonds. The van der Waals surface area contributed by atoms with Crippen molar-refractivity contribution in [1.29, 1.82) is 0 Å². The number of nitrogens with two attached hydrogens (primary N) is 1. The van der Waals surface area contributed by atoms with Crippen molar-refractivity contribution >= 4 is 17.5 Å². The number of nitrogens with zero attached hydrogens (tertiary/aromatic N) is 3. The zero-order valence-electron chi connectivity index (χ0n) is 15.3. The van der Waals surface area contributed by atoms with Crippen LogP contribution in [0.25, 0.3) is 17.3 Å². The van der Waals surface area contributed by atoms with Gasteiger partial charge in [-0.15, -0.1) is 10.2 Å². The number of methoxy groups -OCH3 is 2. The van der Waals surface area contributed by atoms with Crippen molar-refractivity contribution in [2.24, 2.45) is 5.73 Å². The van der Waals surface area contributed by atoms with Crippen LogP contribution >= 0.6 is 11.8 Å². The number of aryl methyl sites for hydroxylation is 1. The van der Waals surface area contributed by atoms with E-state index in [-0.39, 0.29) is 18.1 Å². The molecule has 8 nitrogen and oxygen atoms in total. The highest BCUT2D eigenvalue weighted by molar-refractivity contribution is 7.99. The molecule has 0 saturated heterocycles. The second kappa shape index (κ2) is 8.28. The Morgan fingerprint density at radius 1 is 1.19 bits per heavy atom. The Kier molecular flexibility index (Phi) is 5.82. The van der Waals surface area contributed by atoms with E-state index in [2.05, 4.69) is 10.2 Å². The molecule has 3 rings (SSSR count). The molecule has 142 valence electrons. The predicted octanol–water partition coefficient (Wildman–Crippen LogP) is 2.47. The number of thioether (sulfide) groups is 1. The average Bonchev–Trinajstić information content (AvgIpc) is 3.30. The van der Waals surface area contributed by atoms with Gasteiger partial charge < -0.3 is 19.6 Å². The van der Waals surface area contributed by atoms with Gasteiger partial charge in [0.15, 0.2) is 16.7 Å². The topological polar surface area (TPSA) is 105 Å². The first-order valence-corrected chi connectivity index (χ1v) is 9.15. The molecule has 0 spiro atoms. The normalized spacial score (nSPS) is 10.8. The Hall–Kier alpha value is -2.78. The number of ketones is 1. The van der Waals surface area contributed by atoms with Crippen molar-refractivity contribution in [1.82, 2.24) is 14.8 Å². The highest BCUT2D eigenvalue weighted by Gasteiger charge is 2.24. The van der Waals surface area contributed by atoms with Gasteiger partial charge in [-0.3, -0.25) is 9.36 Å². The van der Waals surface area contributed by atoms with Gasteiger partial charge in [0.2, 0.25) is 5.82 Å². The first-order chi connectivity index (χ1) is 13.1. The predicted molar refractivity (Wildman–Crippen MR) is 102 cm³/mol. The maximum absolute atomic E-state index is 11.7. The molecule has 2 N–H and O–H groups in total. The van der Waals surface area contributed by atoms with E-state index in [1.54, 1.807) is 18.8 Å². The van der Waals surface area contributed by atoms with Crippen molar-refractivity contribution in [3.05, 3.63) is 36.1 Å². The number of carbonyl (C=O) groups excluding carboxylic acids is 1. The molecule has 1 aromatic carbocycles. The van der Waals surface area contributed by atoms with Gasteiger partial charge in [0.25, 0.3) is 0 Å². The van der Waals surface area contributed by atoms with Gasteiger partial charge in [0.1, 0.15) is 22.9 Å². The molecular weight excluding hydrogens is 368 g/mol. The number of carbonyl (C=O) groups is 1. The molecule has 2 aromatic heterocycles. The number of para-hydroxylation sites is 1. The van der Waals surface area contributed by atoms with Gasteiger partial charge in [-0.2, -0.15) is 0 Å². The van der Waals surface area contributed by atoms with E-state index in [1.165, 1.54) is 11.8 Å². The number of ether oxygens (including phenoxy) is 2. The summed E-state index contributed by atoms with van der Waals surface area (Å²) in [6.45, 7) is 1.83. The van der Waals surface area contributed by atoms with Gasteiger partial charge in [0.05, 0.1) is 26.5 Å². The smallest absolute Gasteiger partial charge is 0.205 e. The van der Waals surface area contributed by atoms with E-state index in [0.29, 0.717) is 33.9 Å². The first kappa shape index (κ1) is 19.0. The maximum Gasteiger partial charge on any atom is 0.205 e. The molecular formula is C18H20N4O4S. The third-order valence-electron chi connectivity index (χ3n) is 3.81. The van der Waals surface area contributed by atoms with Crippen LogP contribution in [0.3, 0.4) is 0 Å². The van der Waals surface area contributed by atoms with E-state index < -0.39 is 0 Å². The van der Waals surface area contributed by atoms with Gasteiger partial charge in [-0.1, -0.05) is 17.8 Å². The fourth-order valence-electron chi connectivity index (χ4n) is 2.54. The molecule has 0 fully saturated rings. The van der Waals surface area contributed by atoms with Crippen LogP contribution in [0.15, 0.2) is 39.9 Å². The minimum Gasteiger partial charge on any atom is -0.494 e. The number of rotatable bonds is 8. The van der Waals surface area contributed by atoms with Crippen LogP contribution < -0.4 is 15.2 Å². The van der Waals surface area contributed by atoms with Crippen LogP contribution in [0.2, 0.25) is 0 Å². The van der Waals surface area contributed by atoms with Crippen molar-refractivity contribution in [3.8, 4) is 28.8 Å². The Bertz CT molecular complexity index is 928. The van der Waals surface area contributed by atoms with Crippen molar-refractivity contribution in [2.75, 3.05) is 26.5 Å². The third-order valence-corrected chi connectivity index (χ3v) is 4.80. The average molecular weight is 388 g/mol. The van der Waals surface area contributed by atoms with Gasteiger partial charge in [-0.25, -0.2) is 0 Å². The third kappa shape index (κ3) is 3.83. The van der Waals surface area contributed by atoms with E-state index in [0.717, 1.165) is 5.76 Å². The lowest BCUT2D eigenvalue weighted by Gasteiger charge is -2.16. The summed E-state index contributed by atoms with van der Waals surface area (Å²) >= 11 is 1.24. The van der Waals surface area contributed by atoms with Crippen LogP contribution in [-0.4, -0.2) is 47.1 Å². The minimum absolute atomic E-state index is 0.0245. The fourth-order valence-corrected chi connectivity index (χ4v) is 3.35. The van der Waals surface area contributed by atoms with Crippen LogP contribution in [0.5, 0.6) is 11.5 Å². The molecule has 2 heterocycles. The lowest BCUT2D eigenvalue weighted by atomic mass is 10.2. The van der Waals surface area contributed by atoms with Gasteiger partial charge in [-0.05, 0) is 31.2 Å². The van der Waals surface area contributed by atoms with E-state index in [4.69, 9.17) is 19.6 Å². The molecule has 27 heavy (non-hydrogen) atoms. The van der Waals surface area contributed by atoms with Crippen LogP contribution in [-0.2, 0) is 4.79 Å². The Morgan fingerprint density at radius 2 is 1.89 bits per heavy atom. The summed E-state index contributed by atoms with van der Waals surface area (Å²) < 4.78 is 18.6. The van der Waals surface area contributed by atoms with E-state index in [9.17, 15) is 4.79 Å². The molecule has 0 atom stereocenters. The number of hydrogen-bond acceptors (Lipinski definition) is 8. The molecule has 0 saturated carbocycles. The fraction of sp³-hybridized carbons (Fsp3) is 0.278. The van der Waals surface area contributed by atoms with Crippen LogP contribution in [0, 0.1) is 6.92 Å². The lowest BCUT2D eigenvalue weighted by molar-refractivity contribution is -0.115. The summed E-state index contributed by atoms with van der Waals surface area (Å²) in [5.41, 5.74) is 6.04. The number of benzene rings is 1. The second-order valence-electron chi connectivity index (χ2n) is 5.59. The van der Waals surface area contributed by atoms with Gasteiger partial charge >= 0.3 is 0 Å². The molecule has 0 aliphatic rings. The van der Waals surface area contributed by atoms with Crippen LogP contribution in [0.4, 0.5) is 0 Å². The number of aromatic nitrogens is 3. The molecule has 0 aliphatic heterocycles. The van der Waals surface area contributed by atoms with Crippen molar-refractivity contribution < 1.29 is 18.7 Å². The zero-order chi connectivity index (χ0) is 19.4. The lowest BCUT2D eigenvalue weighted by Crippen LogP contribution is -2.15. The SMILES string of the molecule is COc1cccc(OC)c1-n1c(SCC(=O)CN)nnc1-c1ccc(C)o1. The highest BCUT2D eigenvalue weighted by atomic mass is 32.2. The molecule has 9 heteroatoms. The molecule has 0 unspecified atom stereocenters. The highest BCUT2D eigenvalue weighted by Crippen LogP contribution is 2.38. The summed E-state index contributed by atoms with van der Waals surface area (Å²) in [6.07, 6.45) is 0. The Labute approximate surface area is 160 Å². The number of furan rings is 1. The quantitative estimate of drug-likeness (QED) is 0.587. The monoisotopic (exact) mass is 388 g/mol. The van der Waals surface area contributed by atoms with E-state index >= 15 is 0 Å². The van der Waals surface area contributed by atoms with Crippen molar-refractivity contribution in [2.45, 2.75) is 12.1 Å². The number of hydrogen-bond donors (Lipinski definition) is 1. The van der Waals surface area contributed by atoms with Crippen molar-refractivity contribution in [3.63, 3.8) is 0 Å². The zero-order valence-corrected chi connectivity index (χ0v) is 16.1. The summed E-state index contributed by atoms with van der Waals surface area (Å²) in [4.78, 5) is 11.7. The summed E-state index contributed by atoms with van der Waals surface area (Å²) in [6, 6.07) is 9.12. The Morgan fingerprint density at radius 3 is 2.44 bits per heavy atom. The molecule has 0 bridgehead atoms. The second-order valence-corrected chi connectivity index (χ2v) is 6.54. The molecule has 0 radical (unpaired) electrons. The number of Topliss-reactive ketones (excluding diaryl/α,β-unsaturated/α-hetero) is 1. The summed E-state index contributed by atoms with van der Waals surface area (Å²) in [7, 11) is 3.15. The van der Waals surface area contributed by atoms with Crippen LogP contribution in [0.1, 0.15) is 5.76 Å². The van der Waals surface area contributed by atoms with E-state index in [1.807, 2.05) is 37.3 Å².